The zero-order valence-corrected chi connectivity index (χ0v) is 81.2. The van der Waals surface area contributed by atoms with Crippen molar-refractivity contribution in [2.45, 2.75) is 32.1 Å². The number of aromatic nitrogens is 10. The van der Waals surface area contributed by atoms with Crippen LogP contribution in [0.15, 0.2) is 162 Å². The molecule has 0 saturated heterocycles. The van der Waals surface area contributed by atoms with Crippen LogP contribution < -0.4 is 18.9 Å². The predicted molar refractivity (Wildman–Crippen MR) is 498 cm³/mol. The molecule has 10 aromatic carbocycles. The number of carbonyl (C=O) groups excluding carboxylic acids is 4. The molecular formula is C80H57BBr4Cl6F5LiN11O13S6. The number of aliphatic hydroxyl groups excluding tert-OH is 1. The van der Waals surface area contributed by atoms with E-state index in [2.05, 4.69) is 143 Å². The first kappa shape index (κ1) is 107. The van der Waals surface area contributed by atoms with Crippen molar-refractivity contribution in [3.05, 3.63) is 296 Å². The van der Waals surface area contributed by atoms with Crippen LogP contribution in [0.25, 0.3) is 51.1 Å². The number of thiol groups is 1. The van der Waals surface area contributed by atoms with Gasteiger partial charge in [0.1, 0.15) is 47.4 Å². The van der Waals surface area contributed by atoms with Crippen LogP contribution in [-0.2, 0) is 55.8 Å². The van der Waals surface area contributed by atoms with E-state index in [1.54, 1.807) is 115 Å². The largest absolute Gasteiger partial charge is 1.00 e. The quantitative estimate of drug-likeness (QED) is 0.00910. The number of nitrogens with zero attached hydrogens (tertiary/aromatic N) is 11. The summed E-state index contributed by atoms with van der Waals surface area (Å²) in [6.45, 7) is 3.32. The van der Waals surface area contributed by atoms with Crippen LogP contribution in [0, 0.1) is 29.1 Å². The van der Waals surface area contributed by atoms with Crippen LogP contribution in [-0.4, -0.2) is 155 Å². The Morgan fingerprint density at radius 2 is 0.717 bits per heavy atom. The van der Waals surface area contributed by atoms with E-state index in [4.69, 9.17) is 86.8 Å². The number of benzene rings is 10. The summed E-state index contributed by atoms with van der Waals surface area (Å²) < 4.78 is 126. The minimum atomic E-state index is -1.20. The molecule has 0 atom stereocenters. The van der Waals surface area contributed by atoms with Gasteiger partial charge in [0.2, 0.25) is 0 Å². The summed E-state index contributed by atoms with van der Waals surface area (Å²) in [5.74, 6) is -6.07. The molecule has 0 saturated carbocycles. The van der Waals surface area contributed by atoms with Crippen LogP contribution in [0.1, 0.15) is 107 Å². The fourth-order valence-electron chi connectivity index (χ4n) is 11.8. The zero-order valence-electron chi connectivity index (χ0n) is 65.3. The number of aromatic carboxylic acids is 1. The van der Waals surface area contributed by atoms with Crippen LogP contribution in [0.5, 0.6) is 0 Å². The number of rotatable bonds is 25. The van der Waals surface area contributed by atoms with Crippen molar-refractivity contribution < 1.29 is 104 Å². The number of hydrogen-bond donors (Lipinski definition) is 3. The van der Waals surface area contributed by atoms with E-state index in [9.17, 15) is 42.3 Å². The van der Waals surface area contributed by atoms with Crippen LogP contribution in [0.4, 0.5) is 22.0 Å². The molecule has 1 radical (unpaired) electrons. The summed E-state index contributed by atoms with van der Waals surface area (Å²) in [4.78, 5) is 60.7. The smallest absolute Gasteiger partial charge is 0.870 e. The van der Waals surface area contributed by atoms with Gasteiger partial charge >= 0.3 is 61.5 Å². The second-order valence-electron chi connectivity index (χ2n) is 25.2. The average Bonchev–Trinajstić information content (AvgIpc) is 1.74. The third kappa shape index (κ3) is 27.6. The molecule has 0 spiro atoms. The maximum absolute atomic E-state index is 15.1. The summed E-state index contributed by atoms with van der Waals surface area (Å²) >= 11 is 52.5. The molecule has 655 valence electrons. The Morgan fingerprint density at radius 1 is 0.449 bits per heavy atom. The van der Waals surface area contributed by atoms with Gasteiger partial charge in [0.05, 0.1) is 80.5 Å². The molecular weight excluding hydrogens is 2160 g/mol. The number of carbonyl (C=O) groups is 5. The predicted octanol–water partition coefficient (Wildman–Crippen LogP) is 19.7. The second kappa shape index (κ2) is 51.4. The van der Waals surface area contributed by atoms with E-state index in [0.717, 1.165) is 81.1 Å². The Labute approximate surface area is 822 Å². The molecule has 0 unspecified atom stereocenters. The SMILES string of the molecule is C=COCCOCC(=O)c1cc2snnc2c(F)c1Cc1ccc(Br)cc1Cl.COC(=O)c1cc2snnc2c(F)c1Cc1ccc(Br)cc1Cl.COC(=O)c1cc2snnc2c(F)c1Cc1ccccc1Cl.Cl.O=C(COCCO)c1cc2snnc2c(F)c1Cc1ccc(Br)cc1Cl.O=C(O)c1cc2snnc2c(F)c1Cc1ccc(Br)cc1Cl.[B]=NS.[Li+].[OH-]. The first-order valence-electron chi connectivity index (χ1n) is 35.2. The summed E-state index contributed by atoms with van der Waals surface area (Å²) in [7, 11) is 6.85. The van der Waals surface area contributed by atoms with Gasteiger partial charge in [0.15, 0.2) is 40.7 Å². The van der Waals surface area contributed by atoms with Crippen molar-refractivity contribution in [2.24, 2.45) is 4.30 Å². The molecule has 3 N–H and O–H groups in total. The maximum atomic E-state index is 15.1. The van der Waals surface area contributed by atoms with E-state index < -0.39 is 47.0 Å². The molecule has 0 fully saturated rings. The number of methoxy groups -OCH3 is 2. The van der Waals surface area contributed by atoms with Crippen LogP contribution in [0.2, 0.25) is 25.1 Å². The number of ketones is 2. The average molecular weight is 2220 g/mol. The molecule has 0 aliphatic carbocycles. The number of esters is 2. The Bertz CT molecular complexity index is 6530. The summed E-state index contributed by atoms with van der Waals surface area (Å²) in [6.07, 6.45) is 1.95. The number of halogens is 15. The standard InChI is InChI=1S/C19H15BrClFN2O3S.C17H13BrClFN2O3S.C15H9BrClFN2O2S.C15H10ClFN2O2S.C14H7BrClFN2O2S.BHNS.ClH.Li.H2O/c1-2-26-5-6-27-10-16(25)13-9-17-19(23-24-28-17)18(22)14(13)7-11-3-4-12(20)8-15(11)21;18-10-2-1-9(13(19)6-10)5-12-11(14(24)8-25-4-3-23)7-15-17(16(12)20)21-22-26-15;1-22-15(21)10-6-12-14(19-20-23-12)13(18)9(10)4-7-2-3-8(16)5-11(7)17;1-21-15(20)10-7-12-14(18-19-22-12)13(17)9(10)6-8-4-2-3-5-11(8)16;15-7-2-1-6(10(16)4-7)3-8-9(14(20)21)5-11-13(12(8)17)18-19-22-11;1-2-3;;;/h2-4,8-9H,1,5-7,10H2;1-2,6-7,23H,3-5,8H2;2-3,5-6H,4H2,1H3;2-5,7H,6H2,1H3;1-2,4-5H,3H2,(H,20,21);3H;1H;;1H2/q;;;;;;;+1;/p-1. The molecule has 0 aliphatic heterocycles. The molecule has 5 heterocycles. The third-order valence-corrected chi connectivity index (χ3v) is 24.7. The zero-order chi connectivity index (χ0) is 89.6. The van der Waals surface area contributed by atoms with Gasteiger partial charge in [-0.15, -0.1) is 37.9 Å². The number of carboxylic acid groups (broad SMARTS) is 1. The van der Waals surface area contributed by atoms with Gasteiger partial charge in [0.25, 0.3) is 0 Å². The van der Waals surface area contributed by atoms with Gasteiger partial charge in [-0.3, -0.25) is 9.59 Å². The monoisotopic (exact) mass is 2210 g/mol. The van der Waals surface area contributed by atoms with Gasteiger partial charge in [-0.05, 0) is 170 Å². The van der Waals surface area contributed by atoms with Crippen LogP contribution >= 0.6 is 205 Å². The second-order valence-corrected chi connectivity index (χ2v) is 35.1. The maximum Gasteiger partial charge on any atom is 1.00 e. The van der Waals surface area contributed by atoms with E-state index >= 15 is 8.78 Å². The van der Waals surface area contributed by atoms with Crippen LogP contribution in [0.3, 0.4) is 0 Å². The Balaban J connectivity index is 0.000000215. The van der Waals surface area contributed by atoms with Gasteiger partial charge in [-0.1, -0.05) is 193 Å². The topological polar surface area (TPSA) is 343 Å². The number of ether oxygens (including phenoxy) is 5. The van der Waals surface area contributed by atoms with E-state index in [1.165, 1.54) is 26.5 Å². The number of hydrogen-bond acceptors (Lipinski definition) is 29. The summed E-state index contributed by atoms with van der Waals surface area (Å²) in [5.41, 5.74) is 5.62. The van der Waals surface area contributed by atoms with Crippen molar-refractivity contribution >= 4 is 293 Å². The molecule has 0 aliphatic rings. The van der Waals surface area contributed by atoms with Gasteiger partial charge in [-0.25, -0.2) is 36.3 Å². The molecule has 127 heavy (non-hydrogen) atoms. The van der Waals surface area contributed by atoms with E-state index in [0.29, 0.717) is 70.9 Å². The molecule has 5 aromatic heterocycles. The first-order chi connectivity index (χ1) is 59.5. The number of aliphatic hydroxyl groups is 1. The van der Waals surface area contributed by atoms with E-state index in [-0.39, 0.29) is 203 Å². The number of Topliss-reactive ketones (excluding diaryl/α,β-unsaturated/α-hetero) is 2. The molecule has 15 rings (SSSR count). The van der Waals surface area contributed by atoms with Gasteiger partial charge < -0.3 is 39.4 Å². The number of carboxylic acids is 1. The van der Waals surface area contributed by atoms with Crippen molar-refractivity contribution in [3.8, 4) is 0 Å². The molecule has 15 aromatic rings. The van der Waals surface area contributed by atoms with Crippen molar-refractivity contribution in [3.63, 3.8) is 0 Å². The Hall–Kier alpha value is -7.45. The van der Waals surface area contributed by atoms with Gasteiger partial charge in [0, 0.05) is 114 Å². The minimum Gasteiger partial charge on any atom is -0.870 e. The third-order valence-electron chi connectivity index (χ3n) is 17.6. The molecule has 24 nitrogen and oxygen atoms in total. The summed E-state index contributed by atoms with van der Waals surface area (Å²) in [5, 5.41) is 39.4. The molecule has 0 bridgehead atoms. The Kier molecular flexibility index (Phi) is 43.1. The van der Waals surface area contributed by atoms with E-state index in [1.807, 2.05) is 6.07 Å². The minimum absolute atomic E-state index is 0. The molecule has 47 heteroatoms. The Morgan fingerprint density at radius 3 is 0.992 bits per heavy atom. The molecule has 0 amide bonds. The van der Waals surface area contributed by atoms with Crippen molar-refractivity contribution in [2.75, 3.05) is 53.9 Å². The first-order valence-corrected chi connectivity index (χ1v) is 44.5. The van der Waals surface area contributed by atoms with Gasteiger partial charge in [-0.2, -0.15) is 0 Å². The van der Waals surface area contributed by atoms with Crippen molar-refractivity contribution in [1.82, 2.24) is 47.9 Å². The van der Waals surface area contributed by atoms with Crippen molar-refractivity contribution in [1.29, 1.82) is 0 Å². The number of fused-ring (bicyclic) bond motifs is 5. The normalized spacial score (nSPS) is 10.6. The fraction of sp³-hybridized carbons (Fsp3) is 0.163. The fourth-order valence-corrected chi connectivity index (χ4v) is 17.9. The summed E-state index contributed by atoms with van der Waals surface area (Å²) in [6, 6.07) is 35.9.